The predicted octanol–water partition coefficient (Wildman–Crippen LogP) is 2.96. The topological polar surface area (TPSA) is 32.3 Å². The monoisotopic (exact) mass is 308 g/mol. The summed E-state index contributed by atoms with van der Waals surface area (Å²) in [6, 6.07) is 18.8. The SMILES string of the molecule is C[C@@H](CNC(=O)CN1CCc2ccccc2C1)c1ccccc1. The van der Waals surface area contributed by atoms with Crippen molar-refractivity contribution in [3.63, 3.8) is 0 Å². The van der Waals surface area contributed by atoms with E-state index in [0.29, 0.717) is 19.0 Å². The fraction of sp³-hybridized carbons (Fsp3) is 0.350. The molecule has 0 aliphatic carbocycles. The van der Waals surface area contributed by atoms with Gasteiger partial charge in [0, 0.05) is 19.6 Å². The van der Waals surface area contributed by atoms with Crippen LogP contribution >= 0.6 is 0 Å². The first-order valence-electron chi connectivity index (χ1n) is 8.33. The van der Waals surface area contributed by atoms with Crippen molar-refractivity contribution in [1.29, 1.82) is 0 Å². The number of hydrogen-bond acceptors (Lipinski definition) is 2. The summed E-state index contributed by atoms with van der Waals surface area (Å²) in [4.78, 5) is 14.4. The highest BCUT2D eigenvalue weighted by Crippen LogP contribution is 2.18. The van der Waals surface area contributed by atoms with Crippen molar-refractivity contribution in [2.45, 2.75) is 25.8 Å². The molecule has 1 aliphatic heterocycles. The van der Waals surface area contributed by atoms with E-state index in [4.69, 9.17) is 0 Å². The fourth-order valence-corrected chi connectivity index (χ4v) is 3.11. The fourth-order valence-electron chi connectivity index (χ4n) is 3.11. The van der Waals surface area contributed by atoms with Crippen LogP contribution in [0.15, 0.2) is 54.6 Å². The normalized spacial score (nSPS) is 15.7. The Morgan fingerprint density at radius 1 is 1.09 bits per heavy atom. The maximum absolute atomic E-state index is 12.2. The lowest BCUT2D eigenvalue weighted by Gasteiger charge is -2.28. The molecule has 0 aromatic heterocycles. The van der Waals surface area contributed by atoms with Gasteiger partial charge in [0.1, 0.15) is 0 Å². The zero-order chi connectivity index (χ0) is 16.1. The molecule has 2 aromatic rings. The van der Waals surface area contributed by atoms with Crippen LogP contribution in [-0.4, -0.2) is 30.4 Å². The molecule has 2 aromatic carbocycles. The second-order valence-corrected chi connectivity index (χ2v) is 6.35. The number of fused-ring (bicyclic) bond motifs is 1. The molecule has 23 heavy (non-hydrogen) atoms. The van der Waals surface area contributed by atoms with Crippen LogP contribution in [0, 0.1) is 0 Å². The highest BCUT2D eigenvalue weighted by molar-refractivity contribution is 5.78. The Bertz CT molecular complexity index is 654. The standard InChI is InChI=1S/C20H24N2O/c1-16(17-7-3-2-4-8-17)13-21-20(23)15-22-12-11-18-9-5-6-10-19(18)14-22/h2-10,16H,11-15H2,1H3,(H,21,23)/t16-/m0/s1. The van der Waals surface area contributed by atoms with Gasteiger partial charge in [-0.3, -0.25) is 9.69 Å². The minimum atomic E-state index is 0.118. The van der Waals surface area contributed by atoms with Gasteiger partial charge in [0.25, 0.3) is 0 Å². The average Bonchev–Trinajstić information content (AvgIpc) is 2.60. The van der Waals surface area contributed by atoms with Crippen LogP contribution < -0.4 is 5.32 Å². The second-order valence-electron chi connectivity index (χ2n) is 6.35. The molecular weight excluding hydrogens is 284 g/mol. The molecule has 3 nitrogen and oxygen atoms in total. The molecule has 0 saturated carbocycles. The molecule has 1 atom stereocenters. The van der Waals surface area contributed by atoms with Crippen LogP contribution in [0.5, 0.6) is 0 Å². The molecule has 0 spiro atoms. The molecule has 0 radical (unpaired) electrons. The molecule has 3 rings (SSSR count). The number of hydrogen-bond donors (Lipinski definition) is 1. The largest absolute Gasteiger partial charge is 0.354 e. The highest BCUT2D eigenvalue weighted by Gasteiger charge is 2.18. The Labute approximate surface area is 138 Å². The van der Waals surface area contributed by atoms with Crippen molar-refractivity contribution >= 4 is 5.91 Å². The smallest absolute Gasteiger partial charge is 0.234 e. The lowest BCUT2D eigenvalue weighted by Crippen LogP contribution is -2.40. The van der Waals surface area contributed by atoms with Gasteiger partial charge < -0.3 is 5.32 Å². The van der Waals surface area contributed by atoms with Crippen molar-refractivity contribution < 1.29 is 4.79 Å². The van der Waals surface area contributed by atoms with E-state index < -0.39 is 0 Å². The third-order valence-corrected chi connectivity index (χ3v) is 4.55. The molecule has 3 heteroatoms. The summed E-state index contributed by atoms with van der Waals surface area (Å²) in [5, 5.41) is 3.07. The Morgan fingerprint density at radius 2 is 1.78 bits per heavy atom. The van der Waals surface area contributed by atoms with Gasteiger partial charge in [-0.05, 0) is 29.0 Å². The number of amides is 1. The van der Waals surface area contributed by atoms with E-state index in [9.17, 15) is 4.79 Å². The van der Waals surface area contributed by atoms with Crippen molar-refractivity contribution in [3.05, 3.63) is 71.3 Å². The molecule has 0 fully saturated rings. The van der Waals surface area contributed by atoms with Gasteiger partial charge in [0.15, 0.2) is 0 Å². The van der Waals surface area contributed by atoms with Gasteiger partial charge in [-0.1, -0.05) is 61.5 Å². The van der Waals surface area contributed by atoms with E-state index in [2.05, 4.69) is 53.5 Å². The van der Waals surface area contributed by atoms with Gasteiger partial charge in [-0.2, -0.15) is 0 Å². The van der Waals surface area contributed by atoms with Crippen molar-refractivity contribution in [3.8, 4) is 0 Å². The summed E-state index contributed by atoms with van der Waals surface area (Å²) in [6.07, 6.45) is 1.03. The van der Waals surface area contributed by atoms with Gasteiger partial charge in [0.2, 0.25) is 5.91 Å². The molecule has 0 bridgehead atoms. The molecule has 120 valence electrons. The number of benzene rings is 2. The summed E-state index contributed by atoms with van der Waals surface area (Å²) >= 11 is 0. The number of nitrogens with zero attached hydrogens (tertiary/aromatic N) is 1. The van der Waals surface area contributed by atoms with Gasteiger partial charge >= 0.3 is 0 Å². The van der Waals surface area contributed by atoms with Crippen molar-refractivity contribution in [1.82, 2.24) is 10.2 Å². The van der Waals surface area contributed by atoms with E-state index in [1.54, 1.807) is 0 Å². The van der Waals surface area contributed by atoms with Crippen LogP contribution in [-0.2, 0) is 17.8 Å². The predicted molar refractivity (Wildman–Crippen MR) is 93.3 cm³/mol. The molecule has 0 unspecified atom stereocenters. The van der Waals surface area contributed by atoms with E-state index >= 15 is 0 Å². The summed E-state index contributed by atoms with van der Waals surface area (Å²) in [5.41, 5.74) is 4.03. The third-order valence-electron chi connectivity index (χ3n) is 4.55. The Morgan fingerprint density at radius 3 is 2.57 bits per heavy atom. The van der Waals surface area contributed by atoms with E-state index in [1.807, 2.05) is 18.2 Å². The summed E-state index contributed by atoms with van der Waals surface area (Å²) in [6.45, 7) is 5.15. The molecule has 1 amide bonds. The lowest BCUT2D eigenvalue weighted by atomic mass is 10.00. The summed E-state index contributed by atoms with van der Waals surface area (Å²) in [7, 11) is 0. The number of carbonyl (C=O) groups excluding carboxylic acids is 1. The number of nitrogens with one attached hydrogen (secondary N) is 1. The highest BCUT2D eigenvalue weighted by atomic mass is 16.2. The second kappa shape index (κ2) is 7.42. The number of carbonyl (C=O) groups is 1. The Balaban J connectivity index is 1.47. The van der Waals surface area contributed by atoms with Gasteiger partial charge in [0.05, 0.1) is 6.54 Å². The van der Waals surface area contributed by atoms with Crippen LogP contribution in [0.4, 0.5) is 0 Å². The lowest BCUT2D eigenvalue weighted by molar-refractivity contribution is -0.122. The minimum Gasteiger partial charge on any atom is -0.354 e. The zero-order valence-corrected chi connectivity index (χ0v) is 13.7. The van der Waals surface area contributed by atoms with Crippen LogP contribution in [0.25, 0.3) is 0 Å². The molecular formula is C20H24N2O. The van der Waals surface area contributed by atoms with E-state index in [-0.39, 0.29) is 5.91 Å². The van der Waals surface area contributed by atoms with Crippen LogP contribution in [0.3, 0.4) is 0 Å². The summed E-state index contributed by atoms with van der Waals surface area (Å²) in [5.74, 6) is 0.453. The Hall–Kier alpha value is -2.13. The quantitative estimate of drug-likeness (QED) is 0.921. The first-order valence-corrected chi connectivity index (χ1v) is 8.33. The van der Waals surface area contributed by atoms with Crippen LogP contribution in [0.1, 0.15) is 29.5 Å². The minimum absolute atomic E-state index is 0.118. The van der Waals surface area contributed by atoms with Crippen molar-refractivity contribution in [2.75, 3.05) is 19.6 Å². The average molecular weight is 308 g/mol. The Kier molecular flexibility index (Phi) is 5.09. The zero-order valence-electron chi connectivity index (χ0n) is 13.7. The van der Waals surface area contributed by atoms with E-state index in [0.717, 1.165) is 19.5 Å². The number of rotatable bonds is 5. The summed E-state index contributed by atoms with van der Waals surface area (Å²) < 4.78 is 0. The molecule has 1 heterocycles. The molecule has 1 N–H and O–H groups in total. The third kappa shape index (κ3) is 4.20. The maximum atomic E-state index is 12.2. The van der Waals surface area contributed by atoms with E-state index in [1.165, 1.54) is 16.7 Å². The van der Waals surface area contributed by atoms with Gasteiger partial charge in [-0.25, -0.2) is 0 Å². The van der Waals surface area contributed by atoms with Crippen molar-refractivity contribution in [2.24, 2.45) is 0 Å². The molecule has 1 aliphatic rings. The van der Waals surface area contributed by atoms with Crippen LogP contribution in [0.2, 0.25) is 0 Å². The molecule has 0 saturated heterocycles. The first-order chi connectivity index (χ1) is 11.2. The van der Waals surface area contributed by atoms with Gasteiger partial charge in [-0.15, -0.1) is 0 Å². The maximum Gasteiger partial charge on any atom is 0.234 e. The first kappa shape index (κ1) is 15.8.